The molecule has 1 aliphatic carbocycles. The van der Waals surface area contributed by atoms with E-state index in [9.17, 15) is 0 Å². The maximum atomic E-state index is 5.97. The first-order chi connectivity index (χ1) is 8.66. The smallest absolute Gasteiger partial charge is 0.0412 e. The summed E-state index contributed by atoms with van der Waals surface area (Å²) < 4.78 is 0. The van der Waals surface area contributed by atoms with E-state index in [4.69, 9.17) is 5.73 Å². The monoisotopic (exact) mass is 245 g/mol. The molecule has 0 radical (unpaired) electrons. The molecule has 1 saturated carbocycles. The van der Waals surface area contributed by atoms with Gasteiger partial charge in [-0.15, -0.1) is 0 Å². The molecule has 0 aromatic carbocycles. The Morgan fingerprint density at radius 3 is 2.50 bits per heavy atom. The van der Waals surface area contributed by atoms with E-state index in [1.165, 1.54) is 25.7 Å². The minimum Gasteiger partial charge on any atom is -0.359 e. The Morgan fingerprint density at radius 2 is 1.94 bits per heavy atom. The SMILES string of the molecule is C=C(Nc1ccncc1)C1CCC([C@@H](C)N)CC1. The van der Waals surface area contributed by atoms with Crippen molar-refractivity contribution in [1.29, 1.82) is 0 Å². The van der Waals surface area contributed by atoms with Crippen LogP contribution in [0, 0.1) is 11.8 Å². The lowest BCUT2D eigenvalue weighted by atomic mass is 9.78. The average molecular weight is 245 g/mol. The van der Waals surface area contributed by atoms with Crippen molar-refractivity contribution in [3.63, 3.8) is 0 Å². The molecule has 0 aliphatic heterocycles. The predicted molar refractivity (Wildman–Crippen MR) is 76.1 cm³/mol. The van der Waals surface area contributed by atoms with Gasteiger partial charge in [-0.2, -0.15) is 0 Å². The second-order valence-corrected chi connectivity index (χ2v) is 5.36. The van der Waals surface area contributed by atoms with Crippen molar-refractivity contribution in [2.24, 2.45) is 17.6 Å². The second-order valence-electron chi connectivity index (χ2n) is 5.36. The first-order valence-electron chi connectivity index (χ1n) is 6.78. The molecule has 0 spiro atoms. The van der Waals surface area contributed by atoms with Crippen molar-refractivity contribution in [2.75, 3.05) is 5.32 Å². The van der Waals surface area contributed by atoms with Gasteiger partial charge in [-0.1, -0.05) is 6.58 Å². The third kappa shape index (κ3) is 3.33. The first kappa shape index (κ1) is 13.1. The quantitative estimate of drug-likeness (QED) is 0.856. The molecule has 1 aromatic rings. The van der Waals surface area contributed by atoms with Gasteiger partial charge in [-0.25, -0.2) is 0 Å². The highest BCUT2D eigenvalue weighted by Gasteiger charge is 2.25. The number of nitrogens with zero attached hydrogens (tertiary/aromatic N) is 1. The lowest BCUT2D eigenvalue weighted by Gasteiger charge is -2.32. The maximum Gasteiger partial charge on any atom is 0.0412 e. The molecule has 1 atom stereocenters. The van der Waals surface area contributed by atoms with Gasteiger partial charge in [0.2, 0.25) is 0 Å². The number of rotatable bonds is 4. The Morgan fingerprint density at radius 1 is 1.33 bits per heavy atom. The summed E-state index contributed by atoms with van der Waals surface area (Å²) in [7, 11) is 0. The summed E-state index contributed by atoms with van der Waals surface area (Å²) in [6, 6.07) is 4.27. The number of allylic oxidation sites excluding steroid dienone is 1. The second kappa shape index (κ2) is 6.01. The molecule has 1 aromatic heterocycles. The summed E-state index contributed by atoms with van der Waals surface area (Å²) in [5.41, 5.74) is 8.17. The maximum absolute atomic E-state index is 5.97. The van der Waals surface area contributed by atoms with Gasteiger partial charge >= 0.3 is 0 Å². The van der Waals surface area contributed by atoms with E-state index in [1.54, 1.807) is 12.4 Å². The number of hydrogen-bond donors (Lipinski definition) is 2. The van der Waals surface area contributed by atoms with Crippen molar-refractivity contribution in [2.45, 2.75) is 38.6 Å². The zero-order valence-electron chi connectivity index (χ0n) is 11.1. The minimum absolute atomic E-state index is 0.326. The lowest BCUT2D eigenvalue weighted by molar-refractivity contribution is 0.272. The molecule has 1 aliphatic rings. The molecule has 2 rings (SSSR count). The molecule has 0 unspecified atom stereocenters. The Kier molecular flexibility index (Phi) is 4.37. The Bertz CT molecular complexity index is 378. The standard InChI is InChI=1S/C15H23N3/c1-11(16)13-3-5-14(6-4-13)12(2)18-15-7-9-17-10-8-15/h7-11,13-14H,2-6,16H2,1H3,(H,17,18)/t11-,13?,14?/m1/s1. The number of anilines is 1. The van der Waals surface area contributed by atoms with Gasteiger partial charge in [-0.05, 0) is 56.6 Å². The van der Waals surface area contributed by atoms with Crippen LogP contribution < -0.4 is 11.1 Å². The van der Waals surface area contributed by atoms with Gasteiger partial charge in [0.25, 0.3) is 0 Å². The Balaban J connectivity index is 1.85. The van der Waals surface area contributed by atoms with E-state index >= 15 is 0 Å². The van der Waals surface area contributed by atoms with Crippen LogP contribution in [-0.4, -0.2) is 11.0 Å². The fraction of sp³-hybridized carbons (Fsp3) is 0.533. The van der Waals surface area contributed by atoms with Crippen LogP contribution in [0.25, 0.3) is 0 Å². The van der Waals surface area contributed by atoms with Crippen LogP contribution in [0.5, 0.6) is 0 Å². The summed E-state index contributed by atoms with van der Waals surface area (Å²) in [5.74, 6) is 1.27. The molecule has 98 valence electrons. The van der Waals surface area contributed by atoms with Gasteiger partial charge in [0, 0.05) is 29.8 Å². The molecule has 18 heavy (non-hydrogen) atoms. The van der Waals surface area contributed by atoms with Crippen molar-refractivity contribution < 1.29 is 0 Å². The molecule has 3 N–H and O–H groups in total. The van der Waals surface area contributed by atoms with E-state index in [0.29, 0.717) is 17.9 Å². The molecule has 0 saturated heterocycles. The highest BCUT2D eigenvalue weighted by molar-refractivity contribution is 5.46. The number of aromatic nitrogens is 1. The number of nitrogens with two attached hydrogens (primary N) is 1. The lowest BCUT2D eigenvalue weighted by Crippen LogP contribution is -2.31. The predicted octanol–water partition coefficient (Wildman–Crippen LogP) is 3.16. The van der Waals surface area contributed by atoms with Crippen molar-refractivity contribution in [3.05, 3.63) is 36.8 Å². The minimum atomic E-state index is 0.326. The van der Waals surface area contributed by atoms with Gasteiger partial charge in [-0.3, -0.25) is 4.98 Å². The fourth-order valence-electron chi connectivity index (χ4n) is 2.72. The largest absolute Gasteiger partial charge is 0.359 e. The first-order valence-corrected chi connectivity index (χ1v) is 6.78. The number of hydrogen-bond acceptors (Lipinski definition) is 3. The summed E-state index contributed by atoms with van der Waals surface area (Å²) in [5, 5.41) is 3.39. The molecule has 0 bridgehead atoms. The third-order valence-electron chi connectivity index (χ3n) is 3.99. The molecule has 1 heterocycles. The summed E-state index contributed by atoms with van der Waals surface area (Å²) in [6.45, 7) is 6.30. The summed E-state index contributed by atoms with van der Waals surface area (Å²) in [6.07, 6.45) is 8.43. The van der Waals surface area contributed by atoms with E-state index in [1.807, 2.05) is 12.1 Å². The van der Waals surface area contributed by atoms with E-state index in [2.05, 4.69) is 23.8 Å². The van der Waals surface area contributed by atoms with E-state index in [-0.39, 0.29) is 0 Å². The number of nitrogens with one attached hydrogen (secondary N) is 1. The highest BCUT2D eigenvalue weighted by Crippen LogP contribution is 2.34. The highest BCUT2D eigenvalue weighted by atomic mass is 14.9. The summed E-state index contributed by atoms with van der Waals surface area (Å²) >= 11 is 0. The Hall–Kier alpha value is -1.35. The third-order valence-corrected chi connectivity index (χ3v) is 3.99. The van der Waals surface area contributed by atoms with Gasteiger partial charge in [0.15, 0.2) is 0 Å². The van der Waals surface area contributed by atoms with Crippen LogP contribution in [0.15, 0.2) is 36.8 Å². The van der Waals surface area contributed by atoms with Gasteiger partial charge in [0.05, 0.1) is 0 Å². The zero-order chi connectivity index (χ0) is 13.0. The molecule has 0 amide bonds. The molecule has 3 nitrogen and oxygen atoms in total. The summed E-state index contributed by atoms with van der Waals surface area (Å²) in [4.78, 5) is 4.01. The topological polar surface area (TPSA) is 50.9 Å². The van der Waals surface area contributed by atoms with Crippen molar-refractivity contribution >= 4 is 5.69 Å². The van der Waals surface area contributed by atoms with Gasteiger partial charge < -0.3 is 11.1 Å². The van der Waals surface area contributed by atoms with E-state index < -0.39 is 0 Å². The van der Waals surface area contributed by atoms with E-state index in [0.717, 1.165) is 11.4 Å². The van der Waals surface area contributed by atoms with Crippen molar-refractivity contribution in [3.8, 4) is 0 Å². The zero-order valence-corrected chi connectivity index (χ0v) is 11.1. The van der Waals surface area contributed by atoms with Crippen LogP contribution in [0.1, 0.15) is 32.6 Å². The normalized spacial score (nSPS) is 25.4. The van der Waals surface area contributed by atoms with Crippen molar-refractivity contribution in [1.82, 2.24) is 4.98 Å². The molecular formula is C15H23N3. The molecule has 1 fully saturated rings. The van der Waals surface area contributed by atoms with Crippen LogP contribution in [0.2, 0.25) is 0 Å². The average Bonchev–Trinajstić information content (AvgIpc) is 2.40. The number of pyridine rings is 1. The van der Waals surface area contributed by atoms with Crippen LogP contribution in [0.4, 0.5) is 5.69 Å². The molecular weight excluding hydrogens is 222 g/mol. The van der Waals surface area contributed by atoms with Crippen LogP contribution >= 0.6 is 0 Å². The van der Waals surface area contributed by atoms with Crippen LogP contribution in [0.3, 0.4) is 0 Å². The van der Waals surface area contributed by atoms with Crippen LogP contribution in [-0.2, 0) is 0 Å². The van der Waals surface area contributed by atoms with Gasteiger partial charge in [0.1, 0.15) is 0 Å². The molecule has 3 heteroatoms. The Labute approximate surface area is 109 Å². The fourth-order valence-corrected chi connectivity index (χ4v) is 2.72.